The van der Waals surface area contributed by atoms with Crippen LogP contribution in [0.1, 0.15) is 20.8 Å². The maximum absolute atomic E-state index is 13.0. The largest absolute Gasteiger partial charge is 0.426 e. The first kappa shape index (κ1) is 24.7. The van der Waals surface area contributed by atoms with Crippen LogP contribution in [0, 0.1) is 0 Å². The molecule has 0 aromatic carbocycles. The molecule has 1 fully saturated rings. The summed E-state index contributed by atoms with van der Waals surface area (Å²) >= 11 is 2.36. The van der Waals surface area contributed by atoms with Crippen molar-refractivity contribution in [1.29, 1.82) is 0 Å². The Morgan fingerprint density at radius 1 is 1.45 bits per heavy atom. The van der Waals surface area contributed by atoms with E-state index in [0.29, 0.717) is 11.3 Å². The zero-order valence-electron chi connectivity index (χ0n) is 17.9. The molecule has 2 amide bonds. The molecule has 0 aliphatic carbocycles. The van der Waals surface area contributed by atoms with Crippen molar-refractivity contribution in [3.8, 4) is 0 Å². The first-order valence-electron chi connectivity index (χ1n) is 9.74. The molecule has 0 bridgehead atoms. The fourth-order valence-corrected chi connectivity index (χ4v) is 5.43. The summed E-state index contributed by atoms with van der Waals surface area (Å²) in [5, 5.41) is 18.6. The Kier molecular flexibility index (Phi) is 7.39. The topological polar surface area (TPSA) is 173 Å². The van der Waals surface area contributed by atoms with E-state index in [1.165, 1.54) is 36.7 Å². The van der Waals surface area contributed by atoms with Gasteiger partial charge in [-0.1, -0.05) is 29.1 Å². The summed E-state index contributed by atoms with van der Waals surface area (Å²) in [4.78, 5) is 49.4. The van der Waals surface area contributed by atoms with Gasteiger partial charge >= 0.3 is 11.9 Å². The summed E-state index contributed by atoms with van der Waals surface area (Å²) in [6.07, 6.45) is 3.75. The summed E-state index contributed by atoms with van der Waals surface area (Å²) in [6.45, 7) is 4.32. The highest BCUT2D eigenvalue weighted by atomic mass is 32.2. The predicted octanol–water partition coefficient (Wildman–Crippen LogP) is -0.0809. The zero-order valence-corrected chi connectivity index (χ0v) is 19.6. The number of carbonyl (C=O) groups excluding carboxylic acids is 4. The number of fused-ring (bicyclic) bond motifs is 1. The summed E-state index contributed by atoms with van der Waals surface area (Å²) < 4.78 is 10.0. The van der Waals surface area contributed by atoms with Crippen LogP contribution >= 0.6 is 23.5 Å². The molecular formula is C19H23N5O7S2. The van der Waals surface area contributed by atoms with Crippen LogP contribution in [0.4, 0.5) is 0 Å². The second-order valence-corrected chi connectivity index (χ2v) is 9.32. The molecule has 12 nitrogen and oxygen atoms in total. The van der Waals surface area contributed by atoms with Gasteiger partial charge in [-0.15, -0.1) is 11.8 Å². The van der Waals surface area contributed by atoms with Crippen LogP contribution in [0.3, 0.4) is 0 Å². The van der Waals surface area contributed by atoms with Crippen LogP contribution < -0.4 is 16.4 Å². The van der Waals surface area contributed by atoms with E-state index in [9.17, 15) is 24.4 Å². The van der Waals surface area contributed by atoms with E-state index in [4.69, 9.17) is 15.2 Å². The van der Waals surface area contributed by atoms with Gasteiger partial charge in [-0.2, -0.15) is 0 Å². The standard InChI is InChI=1S/C19H23N5O7S2/c1-4-5-11-8-32-17-12(22-15(26)14(23-29)19(20)21-6-7-33-19)16(27)24(17)13(11)18(28)31-10(3)30-9(2)25/h4-7,10,12,17,21,29H,8,20H2,1-3H3,(H,22,26)/b5-4-,23-14+/t10?,12?,17-,19?/m1/s1. The Labute approximate surface area is 197 Å². The third-order valence-electron chi connectivity index (χ3n) is 4.74. The number of nitrogens with two attached hydrogens (primary N) is 1. The minimum absolute atomic E-state index is 0.00918. The molecule has 5 N–H and O–H groups in total. The molecule has 0 aromatic rings. The SMILES string of the molecule is C/C=C\C1=C(C(=O)OC(C)OC(C)=O)N2C(=O)C(NC(=O)/C(=N\O)C3(N)NC=CS3)[C@H]2SC1. The molecule has 14 heteroatoms. The minimum atomic E-state index is -1.48. The van der Waals surface area contributed by atoms with E-state index in [1.807, 2.05) is 0 Å². The Bertz CT molecular complexity index is 985. The second-order valence-electron chi connectivity index (χ2n) is 7.07. The lowest BCUT2D eigenvalue weighted by atomic mass is 10.0. The highest BCUT2D eigenvalue weighted by Crippen LogP contribution is 2.41. The molecular weight excluding hydrogens is 474 g/mol. The first-order chi connectivity index (χ1) is 15.6. The number of β-lactam (4-membered cyclic amide) rings is 1. The van der Waals surface area contributed by atoms with Gasteiger partial charge in [0.2, 0.25) is 6.29 Å². The van der Waals surface area contributed by atoms with Gasteiger partial charge in [0.15, 0.2) is 10.7 Å². The Morgan fingerprint density at radius 2 is 2.18 bits per heavy atom. The monoisotopic (exact) mass is 497 g/mol. The van der Waals surface area contributed by atoms with Crippen molar-refractivity contribution in [1.82, 2.24) is 15.5 Å². The first-order valence-corrected chi connectivity index (χ1v) is 11.7. The number of hydrogen-bond acceptors (Lipinski definition) is 12. The minimum Gasteiger partial charge on any atom is -0.426 e. The molecule has 3 aliphatic heterocycles. The van der Waals surface area contributed by atoms with Gasteiger partial charge < -0.3 is 25.3 Å². The lowest BCUT2D eigenvalue weighted by Gasteiger charge is -2.49. The molecule has 1 saturated heterocycles. The number of amides is 2. The van der Waals surface area contributed by atoms with Crippen molar-refractivity contribution in [2.24, 2.45) is 10.9 Å². The average molecular weight is 498 g/mol. The van der Waals surface area contributed by atoms with Crippen molar-refractivity contribution in [3.63, 3.8) is 0 Å². The Balaban J connectivity index is 1.77. The van der Waals surface area contributed by atoms with Crippen LogP contribution in [0.25, 0.3) is 0 Å². The summed E-state index contributed by atoms with van der Waals surface area (Å²) in [7, 11) is 0. The number of oxime groups is 1. The third-order valence-corrected chi connectivity index (χ3v) is 6.99. The van der Waals surface area contributed by atoms with Gasteiger partial charge in [-0.3, -0.25) is 25.0 Å². The molecule has 3 heterocycles. The third kappa shape index (κ3) is 4.86. The van der Waals surface area contributed by atoms with Crippen molar-refractivity contribution < 1.29 is 33.9 Å². The number of thioether (sulfide) groups is 2. The van der Waals surface area contributed by atoms with Crippen molar-refractivity contribution in [3.05, 3.63) is 35.0 Å². The Hall–Kier alpha value is -2.97. The fourth-order valence-electron chi connectivity index (χ4n) is 3.38. The van der Waals surface area contributed by atoms with Crippen LogP contribution in [-0.2, 0) is 28.7 Å². The van der Waals surface area contributed by atoms with Gasteiger partial charge in [0, 0.05) is 25.8 Å². The van der Waals surface area contributed by atoms with E-state index in [2.05, 4.69) is 15.8 Å². The molecule has 3 aliphatic rings. The van der Waals surface area contributed by atoms with Crippen LogP contribution in [0.15, 0.2) is 40.2 Å². The molecule has 0 saturated carbocycles. The summed E-state index contributed by atoms with van der Waals surface area (Å²) in [5.74, 6) is -2.49. The summed E-state index contributed by atoms with van der Waals surface area (Å²) in [6, 6.07) is -0.983. The smallest absolute Gasteiger partial charge is 0.358 e. The number of allylic oxidation sites excluding steroid dienone is 2. The number of esters is 2. The van der Waals surface area contributed by atoms with E-state index in [1.54, 1.807) is 24.5 Å². The highest BCUT2D eigenvalue weighted by molar-refractivity contribution is 8.04. The number of nitrogens with zero attached hydrogens (tertiary/aromatic N) is 2. The van der Waals surface area contributed by atoms with E-state index in [0.717, 1.165) is 11.8 Å². The van der Waals surface area contributed by atoms with E-state index in [-0.39, 0.29) is 5.70 Å². The van der Waals surface area contributed by atoms with Crippen LogP contribution in [-0.4, -0.2) is 68.0 Å². The molecule has 3 unspecified atom stereocenters. The maximum Gasteiger partial charge on any atom is 0.358 e. The number of nitrogens with one attached hydrogen (secondary N) is 2. The number of ether oxygens (including phenoxy) is 2. The highest BCUT2D eigenvalue weighted by Gasteiger charge is 2.55. The van der Waals surface area contributed by atoms with Crippen molar-refractivity contribution >= 4 is 53.0 Å². The number of hydrogen-bond donors (Lipinski definition) is 4. The molecule has 3 rings (SSSR count). The molecule has 0 radical (unpaired) electrons. The van der Waals surface area contributed by atoms with Crippen LogP contribution in [0.5, 0.6) is 0 Å². The van der Waals surface area contributed by atoms with Crippen molar-refractivity contribution in [2.45, 2.75) is 43.5 Å². The lowest BCUT2D eigenvalue weighted by Crippen LogP contribution is -2.72. The fraction of sp³-hybridized carbons (Fsp3) is 0.421. The van der Waals surface area contributed by atoms with Gasteiger partial charge in [0.25, 0.3) is 11.8 Å². The number of rotatable bonds is 7. The molecule has 178 valence electrons. The summed E-state index contributed by atoms with van der Waals surface area (Å²) in [5.41, 5.74) is 6.18. The van der Waals surface area contributed by atoms with Gasteiger partial charge in [0.1, 0.15) is 17.1 Å². The maximum atomic E-state index is 13.0. The lowest BCUT2D eigenvalue weighted by molar-refractivity contribution is -0.182. The van der Waals surface area contributed by atoms with E-state index >= 15 is 0 Å². The zero-order chi connectivity index (χ0) is 24.3. The van der Waals surface area contributed by atoms with Gasteiger partial charge in [0.05, 0.1) is 0 Å². The predicted molar refractivity (Wildman–Crippen MR) is 120 cm³/mol. The normalized spacial score (nSPS) is 27.6. The molecule has 0 aromatic heterocycles. The van der Waals surface area contributed by atoms with Crippen molar-refractivity contribution in [2.75, 3.05) is 5.75 Å². The molecule has 0 spiro atoms. The average Bonchev–Trinajstić information content (AvgIpc) is 3.18. The Morgan fingerprint density at radius 3 is 2.76 bits per heavy atom. The number of carbonyl (C=O) groups is 4. The van der Waals surface area contributed by atoms with Crippen LogP contribution in [0.2, 0.25) is 0 Å². The molecule has 4 atom stereocenters. The van der Waals surface area contributed by atoms with E-state index < -0.39 is 52.2 Å². The van der Waals surface area contributed by atoms with Gasteiger partial charge in [-0.25, -0.2) is 4.79 Å². The second kappa shape index (κ2) is 9.89. The molecule has 33 heavy (non-hydrogen) atoms. The quantitative estimate of drug-likeness (QED) is 0.0925. The van der Waals surface area contributed by atoms with Gasteiger partial charge in [-0.05, 0) is 17.9 Å².